The minimum Gasteiger partial charge on any atom is -0.331 e. The van der Waals surface area contributed by atoms with Crippen molar-refractivity contribution in [1.82, 2.24) is 0 Å². The van der Waals surface area contributed by atoms with Gasteiger partial charge in [0.2, 0.25) is 5.91 Å². The monoisotopic (exact) mass is 467 g/mol. The number of likely N-dealkylation sites (tertiary alicyclic amines) is 1. The van der Waals surface area contributed by atoms with Crippen LogP contribution in [0.1, 0.15) is 54.4 Å². The minimum atomic E-state index is 0.0342. The van der Waals surface area contributed by atoms with Crippen LogP contribution in [0.4, 0.5) is 5.69 Å². The average Bonchev–Trinajstić information content (AvgIpc) is 3.11. The van der Waals surface area contributed by atoms with E-state index >= 15 is 0 Å². The molecule has 35 heavy (non-hydrogen) atoms. The Morgan fingerprint density at radius 1 is 0.857 bits per heavy atom. The summed E-state index contributed by atoms with van der Waals surface area (Å²) in [5.41, 5.74) is 8.89. The Labute approximate surface area is 210 Å². The molecule has 1 aliphatic carbocycles. The minimum absolute atomic E-state index is 0.0342. The number of benzene rings is 3. The second kappa shape index (κ2) is 10.8. The number of aryl methyl sites for hydroxylation is 2. The second-order valence-corrected chi connectivity index (χ2v) is 10.7. The van der Waals surface area contributed by atoms with E-state index in [0.29, 0.717) is 0 Å². The van der Waals surface area contributed by atoms with Gasteiger partial charge in [-0.1, -0.05) is 60.2 Å². The maximum absolute atomic E-state index is 13.6. The zero-order valence-electron chi connectivity index (χ0n) is 21.4. The van der Waals surface area contributed by atoms with Gasteiger partial charge in [-0.2, -0.15) is 0 Å². The first-order valence-electron chi connectivity index (χ1n) is 13.5. The molecule has 0 radical (unpaired) electrons. The van der Waals surface area contributed by atoms with Crippen LogP contribution in [0.2, 0.25) is 0 Å². The quantitative estimate of drug-likeness (QED) is 0.500. The first-order chi connectivity index (χ1) is 17.1. The number of carbonyl (C=O) groups is 1. The molecule has 3 heteroatoms. The normalized spacial score (nSPS) is 18.5. The molecule has 1 amide bonds. The van der Waals surface area contributed by atoms with E-state index in [1.54, 1.807) is 4.90 Å². The molecule has 1 heterocycles. The number of carbonyl (C=O) groups excluding carboxylic acids is 1. The Morgan fingerprint density at radius 3 is 2.31 bits per heavy atom. The highest BCUT2D eigenvalue weighted by Crippen LogP contribution is 2.31. The molecule has 1 unspecified atom stereocenters. The lowest BCUT2D eigenvalue weighted by Crippen LogP contribution is -3.11. The highest BCUT2D eigenvalue weighted by molar-refractivity contribution is 5.94. The van der Waals surface area contributed by atoms with Crippen molar-refractivity contribution in [3.8, 4) is 11.1 Å². The van der Waals surface area contributed by atoms with Gasteiger partial charge in [0.05, 0.1) is 13.1 Å². The van der Waals surface area contributed by atoms with Crippen molar-refractivity contribution in [2.45, 2.75) is 58.4 Å². The topological polar surface area (TPSA) is 24.8 Å². The Bertz CT molecular complexity index is 1140. The van der Waals surface area contributed by atoms with E-state index in [4.69, 9.17) is 0 Å². The van der Waals surface area contributed by atoms with Gasteiger partial charge in [0.15, 0.2) is 0 Å². The van der Waals surface area contributed by atoms with E-state index in [0.717, 1.165) is 37.9 Å². The molecule has 0 aromatic heterocycles. The molecule has 1 aliphatic heterocycles. The third-order valence-electron chi connectivity index (χ3n) is 8.07. The predicted molar refractivity (Wildman–Crippen MR) is 145 cm³/mol. The summed E-state index contributed by atoms with van der Waals surface area (Å²) in [5, 5.41) is 0. The summed E-state index contributed by atoms with van der Waals surface area (Å²) in [6.45, 7) is 5.79. The van der Waals surface area contributed by atoms with Crippen LogP contribution < -0.4 is 9.80 Å². The van der Waals surface area contributed by atoms with E-state index in [-0.39, 0.29) is 11.8 Å². The molecular weight excluding hydrogens is 428 g/mol. The molecule has 3 aromatic rings. The van der Waals surface area contributed by atoms with Crippen molar-refractivity contribution in [3.05, 3.63) is 89.0 Å². The van der Waals surface area contributed by atoms with Crippen molar-refractivity contribution in [3.63, 3.8) is 0 Å². The van der Waals surface area contributed by atoms with Crippen molar-refractivity contribution in [1.29, 1.82) is 0 Å². The summed E-state index contributed by atoms with van der Waals surface area (Å²) >= 11 is 0. The molecule has 3 nitrogen and oxygen atoms in total. The van der Waals surface area contributed by atoms with Gasteiger partial charge in [-0.25, -0.2) is 0 Å². The van der Waals surface area contributed by atoms with Crippen LogP contribution in [-0.4, -0.2) is 26.0 Å². The first kappa shape index (κ1) is 23.8. The number of nitrogens with zero attached hydrogens (tertiary/aromatic N) is 1. The van der Waals surface area contributed by atoms with Gasteiger partial charge in [-0.3, -0.25) is 4.79 Å². The third-order valence-corrected chi connectivity index (χ3v) is 8.07. The summed E-state index contributed by atoms with van der Waals surface area (Å²) in [6.07, 6.45) is 7.99. The Morgan fingerprint density at radius 2 is 1.57 bits per heavy atom. The Hall–Kier alpha value is -2.91. The molecule has 3 aromatic carbocycles. The summed E-state index contributed by atoms with van der Waals surface area (Å²) in [6, 6.07) is 24.3. The molecule has 1 fully saturated rings. The van der Waals surface area contributed by atoms with Gasteiger partial charge in [0, 0.05) is 24.2 Å². The van der Waals surface area contributed by atoms with E-state index in [9.17, 15) is 4.79 Å². The van der Waals surface area contributed by atoms with E-state index < -0.39 is 0 Å². The fraction of sp³-hybridized carbons (Fsp3) is 0.406. The van der Waals surface area contributed by atoms with Crippen molar-refractivity contribution < 1.29 is 9.69 Å². The molecular formula is C32H39N2O+. The maximum atomic E-state index is 13.6. The fourth-order valence-electron chi connectivity index (χ4n) is 5.86. The molecule has 1 atom stereocenters. The number of nitrogens with one attached hydrogen (secondary N) is 1. The number of fused-ring (bicyclic) bond motifs is 1. The summed E-state index contributed by atoms with van der Waals surface area (Å²) in [4.78, 5) is 17.2. The molecule has 1 saturated heterocycles. The van der Waals surface area contributed by atoms with Crippen LogP contribution >= 0.6 is 0 Å². The fourth-order valence-corrected chi connectivity index (χ4v) is 5.86. The van der Waals surface area contributed by atoms with Crippen LogP contribution in [0.25, 0.3) is 11.1 Å². The number of hydrogen-bond donors (Lipinski definition) is 1. The second-order valence-electron chi connectivity index (χ2n) is 10.7. The van der Waals surface area contributed by atoms with Crippen LogP contribution in [0.3, 0.4) is 0 Å². The van der Waals surface area contributed by atoms with Gasteiger partial charge in [-0.15, -0.1) is 0 Å². The van der Waals surface area contributed by atoms with Crippen molar-refractivity contribution in [2.75, 3.05) is 25.0 Å². The van der Waals surface area contributed by atoms with Crippen LogP contribution in [0.15, 0.2) is 66.7 Å². The predicted octanol–water partition coefficient (Wildman–Crippen LogP) is 5.39. The van der Waals surface area contributed by atoms with Crippen LogP contribution in [0, 0.1) is 12.8 Å². The molecule has 0 spiro atoms. The van der Waals surface area contributed by atoms with Gasteiger partial charge in [0.25, 0.3) is 0 Å². The smallest absolute Gasteiger partial charge is 0.230 e. The largest absolute Gasteiger partial charge is 0.331 e. The number of anilines is 1. The van der Waals surface area contributed by atoms with Gasteiger partial charge >= 0.3 is 0 Å². The molecule has 0 saturated carbocycles. The van der Waals surface area contributed by atoms with Gasteiger partial charge < -0.3 is 9.80 Å². The van der Waals surface area contributed by atoms with Crippen molar-refractivity contribution >= 4 is 11.6 Å². The summed E-state index contributed by atoms with van der Waals surface area (Å²) < 4.78 is 0. The zero-order chi connectivity index (χ0) is 24.2. The number of piperidine rings is 1. The lowest BCUT2D eigenvalue weighted by Gasteiger charge is -2.25. The van der Waals surface area contributed by atoms with Gasteiger partial charge in [0.1, 0.15) is 6.54 Å². The highest BCUT2D eigenvalue weighted by atomic mass is 16.2. The maximum Gasteiger partial charge on any atom is 0.230 e. The van der Waals surface area contributed by atoms with E-state index in [1.165, 1.54) is 65.7 Å². The summed E-state index contributed by atoms with van der Waals surface area (Å²) in [7, 11) is 1.95. The lowest BCUT2D eigenvalue weighted by molar-refractivity contribution is -0.918. The molecule has 2 aliphatic rings. The van der Waals surface area contributed by atoms with Crippen molar-refractivity contribution in [2.24, 2.45) is 5.92 Å². The molecule has 182 valence electrons. The lowest BCUT2D eigenvalue weighted by atomic mass is 9.92. The molecule has 5 rings (SSSR count). The van der Waals surface area contributed by atoms with Crippen LogP contribution in [-0.2, 0) is 24.2 Å². The standard InChI is InChI=1S/C32H38N2O/c1-24-9-13-27(14-10-24)28-16-15-26-7-6-8-29(22-30(26)21-28)32(35)33(2)31-17-11-25(12-18-31)23-34-19-4-3-5-20-34/h9-18,21,29H,3-8,19-20,22-23H2,1-2H3/p+1. The van der Waals surface area contributed by atoms with Crippen LogP contribution in [0.5, 0.6) is 0 Å². The number of quaternary nitrogens is 1. The first-order valence-corrected chi connectivity index (χ1v) is 13.5. The SMILES string of the molecule is Cc1ccc(-c2ccc3c(c2)CC(C(=O)N(C)c2ccc(C[NH+]4CCCCC4)cc2)CCC3)cc1. The van der Waals surface area contributed by atoms with E-state index in [1.807, 2.05) is 11.9 Å². The average molecular weight is 468 g/mol. The third kappa shape index (κ3) is 5.67. The number of hydrogen-bond acceptors (Lipinski definition) is 1. The Balaban J connectivity index is 1.28. The molecule has 1 N–H and O–H groups in total. The number of rotatable bonds is 5. The Kier molecular flexibility index (Phi) is 7.34. The molecule has 0 bridgehead atoms. The number of amides is 1. The summed E-state index contributed by atoms with van der Waals surface area (Å²) in [5.74, 6) is 0.278. The highest BCUT2D eigenvalue weighted by Gasteiger charge is 2.26. The van der Waals surface area contributed by atoms with E-state index in [2.05, 4.69) is 73.7 Å². The van der Waals surface area contributed by atoms with Gasteiger partial charge in [-0.05, 0) is 86.3 Å². The zero-order valence-corrected chi connectivity index (χ0v) is 21.4.